The van der Waals surface area contributed by atoms with Crippen LogP contribution in [0.5, 0.6) is 0 Å². The Labute approximate surface area is 126 Å². The van der Waals surface area contributed by atoms with Crippen molar-refractivity contribution in [2.24, 2.45) is 11.8 Å². The molecule has 0 aromatic rings. The van der Waals surface area contributed by atoms with Crippen molar-refractivity contribution in [1.29, 1.82) is 0 Å². The van der Waals surface area contributed by atoms with E-state index in [-0.39, 0.29) is 17.7 Å². The molecule has 5 nitrogen and oxygen atoms in total. The number of carbonyl (C=O) groups excluding carboxylic acids is 2. The Bertz CT molecular complexity index is 379. The summed E-state index contributed by atoms with van der Waals surface area (Å²) in [6.45, 7) is 4.28. The Balaban J connectivity index is 1.48. The molecule has 5 heteroatoms. The number of rotatable bonds is 2. The molecule has 3 rings (SSSR count). The summed E-state index contributed by atoms with van der Waals surface area (Å²) in [6.07, 6.45) is 6.17. The average molecular weight is 294 g/mol. The minimum atomic E-state index is 0.107. The number of carbonyl (C=O) groups is 2. The molecule has 0 spiro atoms. The van der Waals surface area contributed by atoms with Gasteiger partial charge in [0.05, 0.1) is 13.2 Å². The summed E-state index contributed by atoms with van der Waals surface area (Å²) in [5, 5.41) is 0. The molecule has 118 valence electrons. The van der Waals surface area contributed by atoms with Crippen molar-refractivity contribution in [3.63, 3.8) is 0 Å². The smallest absolute Gasteiger partial charge is 0.225 e. The highest BCUT2D eigenvalue weighted by atomic mass is 16.5. The van der Waals surface area contributed by atoms with Crippen LogP contribution in [0, 0.1) is 11.8 Å². The lowest BCUT2D eigenvalue weighted by atomic mass is 9.94. The zero-order valence-electron chi connectivity index (χ0n) is 12.8. The fraction of sp³-hybridized carbons (Fsp3) is 0.875. The van der Waals surface area contributed by atoms with Crippen LogP contribution in [0.2, 0.25) is 0 Å². The van der Waals surface area contributed by atoms with E-state index < -0.39 is 0 Å². The van der Waals surface area contributed by atoms with Gasteiger partial charge in [0.15, 0.2) is 0 Å². The van der Waals surface area contributed by atoms with Gasteiger partial charge < -0.3 is 14.5 Å². The Kier molecular flexibility index (Phi) is 4.78. The molecule has 3 aliphatic rings. The molecule has 0 aromatic heterocycles. The molecular weight excluding hydrogens is 268 g/mol. The number of nitrogens with zero attached hydrogens (tertiary/aromatic N) is 2. The third-order valence-electron chi connectivity index (χ3n) is 5.18. The van der Waals surface area contributed by atoms with Crippen LogP contribution in [-0.4, -0.2) is 61.0 Å². The van der Waals surface area contributed by atoms with Gasteiger partial charge in [-0.1, -0.05) is 12.8 Å². The van der Waals surface area contributed by atoms with Crippen LogP contribution in [0.25, 0.3) is 0 Å². The molecule has 1 aliphatic carbocycles. The van der Waals surface area contributed by atoms with E-state index in [1.54, 1.807) is 0 Å². The lowest BCUT2D eigenvalue weighted by Crippen LogP contribution is -2.48. The molecule has 2 saturated heterocycles. The third kappa shape index (κ3) is 3.39. The largest absolute Gasteiger partial charge is 0.378 e. The first-order valence-corrected chi connectivity index (χ1v) is 8.41. The summed E-state index contributed by atoms with van der Waals surface area (Å²) in [4.78, 5) is 28.8. The van der Waals surface area contributed by atoms with Crippen molar-refractivity contribution >= 4 is 11.8 Å². The highest BCUT2D eigenvalue weighted by Gasteiger charge is 2.33. The topological polar surface area (TPSA) is 49.9 Å². The van der Waals surface area contributed by atoms with Crippen LogP contribution < -0.4 is 0 Å². The molecule has 1 saturated carbocycles. The van der Waals surface area contributed by atoms with Crippen LogP contribution in [0.1, 0.15) is 38.5 Å². The molecule has 2 heterocycles. The van der Waals surface area contributed by atoms with Gasteiger partial charge in [0.25, 0.3) is 0 Å². The summed E-state index contributed by atoms with van der Waals surface area (Å²) in [5.41, 5.74) is 0. The number of hydrogen-bond donors (Lipinski definition) is 0. The maximum absolute atomic E-state index is 12.5. The van der Waals surface area contributed by atoms with Gasteiger partial charge in [-0.05, 0) is 25.7 Å². The van der Waals surface area contributed by atoms with Gasteiger partial charge in [0.2, 0.25) is 11.8 Å². The fourth-order valence-corrected chi connectivity index (χ4v) is 3.82. The molecule has 0 bridgehead atoms. The minimum absolute atomic E-state index is 0.107. The zero-order chi connectivity index (χ0) is 14.7. The first-order valence-electron chi connectivity index (χ1n) is 8.41. The molecule has 0 unspecified atom stereocenters. The maximum atomic E-state index is 12.5. The van der Waals surface area contributed by atoms with Gasteiger partial charge in [-0.2, -0.15) is 0 Å². The molecule has 2 aliphatic heterocycles. The zero-order valence-corrected chi connectivity index (χ0v) is 12.8. The summed E-state index contributed by atoms with van der Waals surface area (Å²) in [5.74, 6) is 0.975. The van der Waals surface area contributed by atoms with E-state index in [1.165, 1.54) is 12.8 Å². The van der Waals surface area contributed by atoms with Crippen LogP contribution >= 0.6 is 0 Å². The number of amides is 2. The second-order valence-corrected chi connectivity index (χ2v) is 6.52. The van der Waals surface area contributed by atoms with E-state index >= 15 is 0 Å². The predicted molar refractivity (Wildman–Crippen MR) is 78.7 cm³/mol. The summed E-state index contributed by atoms with van der Waals surface area (Å²) in [7, 11) is 0. The van der Waals surface area contributed by atoms with Gasteiger partial charge in [0, 0.05) is 38.0 Å². The predicted octanol–water partition coefficient (Wildman–Crippen LogP) is 1.27. The molecule has 3 fully saturated rings. The van der Waals surface area contributed by atoms with Gasteiger partial charge in [-0.15, -0.1) is 0 Å². The van der Waals surface area contributed by atoms with E-state index in [9.17, 15) is 9.59 Å². The summed E-state index contributed by atoms with van der Waals surface area (Å²) in [6, 6.07) is 0. The Morgan fingerprint density at radius 2 is 1.19 bits per heavy atom. The van der Waals surface area contributed by atoms with E-state index in [2.05, 4.69) is 0 Å². The monoisotopic (exact) mass is 294 g/mol. The highest BCUT2D eigenvalue weighted by Crippen LogP contribution is 2.29. The number of hydrogen-bond acceptors (Lipinski definition) is 3. The van der Waals surface area contributed by atoms with Crippen molar-refractivity contribution in [3.05, 3.63) is 0 Å². The van der Waals surface area contributed by atoms with Crippen molar-refractivity contribution in [3.8, 4) is 0 Å². The molecule has 21 heavy (non-hydrogen) atoms. The van der Waals surface area contributed by atoms with Crippen LogP contribution in [0.4, 0.5) is 0 Å². The van der Waals surface area contributed by atoms with Gasteiger partial charge >= 0.3 is 0 Å². The molecule has 0 aromatic carbocycles. The van der Waals surface area contributed by atoms with Crippen LogP contribution in [0.3, 0.4) is 0 Å². The van der Waals surface area contributed by atoms with Crippen molar-refractivity contribution < 1.29 is 14.3 Å². The number of likely N-dealkylation sites (tertiary alicyclic amines) is 1. The maximum Gasteiger partial charge on any atom is 0.225 e. The first kappa shape index (κ1) is 14.8. The molecule has 2 amide bonds. The molecule has 0 radical (unpaired) electrons. The van der Waals surface area contributed by atoms with E-state index in [0.29, 0.717) is 19.1 Å². The summed E-state index contributed by atoms with van der Waals surface area (Å²) >= 11 is 0. The second kappa shape index (κ2) is 6.77. The number of ether oxygens (including phenoxy) is 1. The second-order valence-electron chi connectivity index (χ2n) is 6.52. The number of morpholine rings is 1. The van der Waals surface area contributed by atoms with Gasteiger partial charge in [0.1, 0.15) is 0 Å². The summed E-state index contributed by atoms with van der Waals surface area (Å²) < 4.78 is 5.30. The molecular formula is C16H26N2O3. The van der Waals surface area contributed by atoms with Crippen molar-refractivity contribution in [2.75, 3.05) is 39.4 Å². The third-order valence-corrected chi connectivity index (χ3v) is 5.18. The van der Waals surface area contributed by atoms with E-state index in [0.717, 1.165) is 51.9 Å². The normalized spacial score (nSPS) is 25.3. The lowest BCUT2D eigenvalue weighted by molar-refractivity contribution is -0.145. The standard InChI is InChI=1S/C16H26N2O3/c19-15(13-3-1-2-4-13)17-7-5-14(6-8-17)16(20)18-9-11-21-12-10-18/h13-14H,1-12H2. The molecule has 0 N–H and O–H groups in total. The molecule has 0 atom stereocenters. The van der Waals surface area contributed by atoms with Gasteiger partial charge in [-0.3, -0.25) is 9.59 Å². The van der Waals surface area contributed by atoms with E-state index in [4.69, 9.17) is 4.74 Å². The van der Waals surface area contributed by atoms with Gasteiger partial charge in [-0.25, -0.2) is 0 Å². The Morgan fingerprint density at radius 3 is 1.76 bits per heavy atom. The van der Waals surface area contributed by atoms with Crippen molar-refractivity contribution in [1.82, 2.24) is 9.80 Å². The first-order chi connectivity index (χ1) is 10.3. The fourth-order valence-electron chi connectivity index (χ4n) is 3.82. The quantitative estimate of drug-likeness (QED) is 0.771. The Hall–Kier alpha value is -1.10. The van der Waals surface area contributed by atoms with Crippen LogP contribution in [-0.2, 0) is 14.3 Å². The lowest BCUT2D eigenvalue weighted by Gasteiger charge is -2.36. The van der Waals surface area contributed by atoms with Crippen molar-refractivity contribution in [2.45, 2.75) is 38.5 Å². The Morgan fingerprint density at radius 1 is 0.714 bits per heavy atom. The highest BCUT2D eigenvalue weighted by molar-refractivity contribution is 5.81. The van der Waals surface area contributed by atoms with E-state index in [1.807, 2.05) is 9.80 Å². The van der Waals surface area contributed by atoms with Crippen LogP contribution in [0.15, 0.2) is 0 Å². The number of piperidine rings is 1. The SMILES string of the molecule is O=C(C1CCN(C(=O)C2CCCC2)CC1)N1CCOCC1. The minimum Gasteiger partial charge on any atom is -0.378 e. The average Bonchev–Trinajstić information content (AvgIpc) is 3.09.